The van der Waals surface area contributed by atoms with Gasteiger partial charge in [-0.25, -0.2) is 0 Å². The quantitative estimate of drug-likeness (QED) is 0.282. The zero-order valence-corrected chi connectivity index (χ0v) is 22.0. The highest BCUT2D eigenvalue weighted by Crippen LogP contribution is 2.34. The molecule has 5 rings (SSSR count). The number of carbonyl (C=O) groups is 3. The first kappa shape index (κ1) is 25.4. The molecule has 0 aliphatic carbocycles. The Bertz CT molecular complexity index is 1540. The van der Waals surface area contributed by atoms with Crippen molar-refractivity contribution in [2.24, 2.45) is 0 Å². The SMILES string of the molecule is CCOc1ccc(NC(=O)CN2C(=O)S/C(=C/c3cn(Cc4ccc(C)cc4)c4ccccc34)C2=O)cc1. The lowest BCUT2D eigenvalue weighted by Gasteiger charge is -2.12. The molecular formula is C30H27N3O4S. The van der Waals surface area contributed by atoms with E-state index in [1.54, 1.807) is 30.3 Å². The molecule has 4 aromatic rings. The molecule has 192 valence electrons. The molecule has 1 saturated heterocycles. The highest BCUT2D eigenvalue weighted by molar-refractivity contribution is 8.18. The third kappa shape index (κ3) is 5.50. The van der Waals surface area contributed by atoms with Crippen molar-refractivity contribution in [1.29, 1.82) is 0 Å². The standard InChI is InChI=1S/C30H27N3O4S/c1-3-37-24-14-12-23(13-15-24)31-28(34)19-33-29(35)27(38-30(33)36)16-22-18-32(26-7-5-4-6-25(22)26)17-21-10-8-20(2)9-11-21/h4-16,18H,3,17,19H2,1-2H3,(H,31,34)/b27-16+. The van der Waals surface area contributed by atoms with Gasteiger partial charge in [0.2, 0.25) is 5.91 Å². The molecular weight excluding hydrogens is 498 g/mol. The first-order valence-electron chi connectivity index (χ1n) is 12.3. The van der Waals surface area contributed by atoms with Crippen molar-refractivity contribution in [3.63, 3.8) is 0 Å². The fourth-order valence-electron chi connectivity index (χ4n) is 4.33. The summed E-state index contributed by atoms with van der Waals surface area (Å²) in [4.78, 5) is 39.6. The van der Waals surface area contributed by atoms with Crippen molar-refractivity contribution in [2.75, 3.05) is 18.5 Å². The molecule has 1 aliphatic heterocycles. The van der Waals surface area contributed by atoms with Gasteiger partial charge in [0.1, 0.15) is 12.3 Å². The van der Waals surface area contributed by atoms with Gasteiger partial charge >= 0.3 is 0 Å². The van der Waals surface area contributed by atoms with E-state index < -0.39 is 17.1 Å². The Kier molecular flexibility index (Phi) is 7.33. The van der Waals surface area contributed by atoms with Gasteiger partial charge in [0.25, 0.3) is 11.1 Å². The third-order valence-corrected chi connectivity index (χ3v) is 7.11. The van der Waals surface area contributed by atoms with Gasteiger partial charge in [-0.3, -0.25) is 19.3 Å². The summed E-state index contributed by atoms with van der Waals surface area (Å²) in [5.74, 6) is -0.230. The van der Waals surface area contributed by atoms with Crippen molar-refractivity contribution < 1.29 is 19.1 Å². The number of benzene rings is 3. The van der Waals surface area contributed by atoms with Gasteiger partial charge < -0.3 is 14.6 Å². The third-order valence-electron chi connectivity index (χ3n) is 6.20. The van der Waals surface area contributed by atoms with Crippen molar-refractivity contribution in [3.8, 4) is 5.75 Å². The Labute approximate surface area is 225 Å². The lowest BCUT2D eigenvalue weighted by atomic mass is 10.1. The van der Waals surface area contributed by atoms with E-state index in [2.05, 4.69) is 41.1 Å². The Balaban J connectivity index is 1.32. The summed E-state index contributed by atoms with van der Waals surface area (Å²) in [5.41, 5.74) is 4.81. The van der Waals surface area contributed by atoms with E-state index in [0.717, 1.165) is 33.1 Å². The van der Waals surface area contributed by atoms with Crippen LogP contribution < -0.4 is 10.1 Å². The van der Waals surface area contributed by atoms with Crippen molar-refractivity contribution in [3.05, 3.63) is 101 Å². The fraction of sp³-hybridized carbons (Fsp3) is 0.167. The molecule has 2 heterocycles. The number of anilines is 1. The number of hydrogen-bond acceptors (Lipinski definition) is 5. The molecule has 0 spiro atoms. The number of para-hydroxylation sites is 1. The molecule has 7 nitrogen and oxygen atoms in total. The van der Waals surface area contributed by atoms with Crippen molar-refractivity contribution >= 4 is 51.5 Å². The van der Waals surface area contributed by atoms with Crippen molar-refractivity contribution in [2.45, 2.75) is 20.4 Å². The zero-order chi connectivity index (χ0) is 26.6. The van der Waals surface area contributed by atoms with Gasteiger partial charge in [-0.1, -0.05) is 48.0 Å². The predicted molar refractivity (Wildman–Crippen MR) is 151 cm³/mol. The normalized spacial score (nSPS) is 14.5. The maximum absolute atomic E-state index is 13.1. The zero-order valence-electron chi connectivity index (χ0n) is 21.1. The molecule has 3 amide bonds. The van der Waals surface area contributed by atoms with Crippen molar-refractivity contribution in [1.82, 2.24) is 9.47 Å². The monoisotopic (exact) mass is 525 g/mol. The average Bonchev–Trinajstić information content (AvgIpc) is 3.38. The number of aryl methyl sites for hydroxylation is 1. The van der Waals surface area contributed by atoms with Crippen LogP contribution in [0.25, 0.3) is 17.0 Å². The molecule has 38 heavy (non-hydrogen) atoms. The minimum absolute atomic E-state index is 0.294. The van der Waals surface area contributed by atoms with Crippen LogP contribution in [0.2, 0.25) is 0 Å². The summed E-state index contributed by atoms with van der Waals surface area (Å²) in [6, 6.07) is 23.3. The number of rotatable bonds is 8. The summed E-state index contributed by atoms with van der Waals surface area (Å²) >= 11 is 0.848. The molecule has 0 bridgehead atoms. The number of aromatic nitrogens is 1. The largest absolute Gasteiger partial charge is 0.494 e. The van der Waals surface area contributed by atoms with E-state index in [0.29, 0.717) is 29.5 Å². The number of thioether (sulfide) groups is 1. The van der Waals surface area contributed by atoms with Gasteiger partial charge in [-0.15, -0.1) is 0 Å². The highest BCUT2D eigenvalue weighted by Gasteiger charge is 2.36. The Morgan fingerprint density at radius 1 is 1.00 bits per heavy atom. The van der Waals surface area contributed by atoms with Crippen LogP contribution in [0.1, 0.15) is 23.6 Å². The molecule has 0 radical (unpaired) electrons. The molecule has 1 aromatic heterocycles. The number of hydrogen-bond donors (Lipinski definition) is 1. The number of fused-ring (bicyclic) bond motifs is 1. The topological polar surface area (TPSA) is 80.6 Å². The summed E-state index contributed by atoms with van der Waals surface area (Å²) in [6.07, 6.45) is 3.74. The molecule has 8 heteroatoms. The van der Waals surface area contributed by atoms with Gasteiger partial charge in [-0.05, 0) is 67.6 Å². The Morgan fingerprint density at radius 3 is 2.47 bits per heavy atom. The molecule has 1 aliphatic rings. The van der Waals surface area contributed by atoms with E-state index >= 15 is 0 Å². The van der Waals surface area contributed by atoms with E-state index in [9.17, 15) is 14.4 Å². The van der Waals surface area contributed by atoms with Gasteiger partial charge in [0.05, 0.1) is 11.5 Å². The molecule has 3 aromatic carbocycles. The molecule has 0 saturated carbocycles. The number of ether oxygens (including phenoxy) is 1. The van der Waals surface area contributed by atoms with Crippen LogP contribution in [0.3, 0.4) is 0 Å². The van der Waals surface area contributed by atoms with E-state index in [1.807, 2.05) is 37.4 Å². The molecule has 1 fully saturated rings. The Morgan fingerprint density at radius 2 is 1.74 bits per heavy atom. The Hall–Kier alpha value is -4.30. The number of nitrogens with one attached hydrogen (secondary N) is 1. The first-order valence-corrected chi connectivity index (χ1v) is 13.1. The van der Waals surface area contributed by atoms with Gasteiger partial charge in [-0.2, -0.15) is 0 Å². The second-order valence-electron chi connectivity index (χ2n) is 8.99. The van der Waals surface area contributed by atoms with Crippen LogP contribution in [0.5, 0.6) is 5.75 Å². The fourth-order valence-corrected chi connectivity index (χ4v) is 5.16. The van der Waals surface area contributed by atoms with Gasteiger partial charge in [0, 0.05) is 34.9 Å². The highest BCUT2D eigenvalue weighted by atomic mass is 32.2. The number of amides is 3. The number of imide groups is 1. The van der Waals surface area contributed by atoms with Crippen LogP contribution in [-0.2, 0) is 16.1 Å². The van der Waals surface area contributed by atoms with Crippen LogP contribution in [-0.4, -0.2) is 39.7 Å². The smallest absolute Gasteiger partial charge is 0.294 e. The lowest BCUT2D eigenvalue weighted by molar-refractivity contribution is -0.127. The van der Waals surface area contributed by atoms with E-state index in [1.165, 1.54) is 11.1 Å². The molecule has 0 unspecified atom stereocenters. The van der Waals surface area contributed by atoms with Crippen LogP contribution >= 0.6 is 11.8 Å². The molecule has 1 N–H and O–H groups in total. The summed E-state index contributed by atoms with van der Waals surface area (Å²) in [6.45, 7) is 4.82. The second kappa shape index (κ2) is 11.0. The lowest BCUT2D eigenvalue weighted by Crippen LogP contribution is -2.36. The number of nitrogens with zero attached hydrogens (tertiary/aromatic N) is 2. The first-order chi connectivity index (χ1) is 18.4. The summed E-state index contributed by atoms with van der Waals surface area (Å²) in [7, 11) is 0. The van der Waals surface area contributed by atoms with Crippen LogP contribution in [0.15, 0.2) is 83.9 Å². The number of carbonyl (C=O) groups excluding carboxylic acids is 3. The molecule has 0 atom stereocenters. The van der Waals surface area contributed by atoms with E-state index in [-0.39, 0.29) is 6.54 Å². The minimum Gasteiger partial charge on any atom is -0.494 e. The maximum atomic E-state index is 13.1. The minimum atomic E-state index is -0.475. The predicted octanol–water partition coefficient (Wildman–Crippen LogP) is 6.07. The average molecular weight is 526 g/mol. The second-order valence-corrected chi connectivity index (χ2v) is 9.98. The maximum Gasteiger partial charge on any atom is 0.294 e. The summed E-state index contributed by atoms with van der Waals surface area (Å²) in [5, 5.41) is 3.24. The van der Waals surface area contributed by atoms with Crippen LogP contribution in [0, 0.1) is 6.92 Å². The van der Waals surface area contributed by atoms with Gasteiger partial charge in [0.15, 0.2) is 0 Å². The van der Waals surface area contributed by atoms with Crippen LogP contribution in [0.4, 0.5) is 10.5 Å². The van der Waals surface area contributed by atoms with E-state index in [4.69, 9.17) is 4.74 Å². The summed E-state index contributed by atoms with van der Waals surface area (Å²) < 4.78 is 7.54.